The predicted molar refractivity (Wildman–Crippen MR) is 237 cm³/mol. The monoisotopic (exact) mass is 780 g/mol. The standard InChI is InChI=1S/C49H97NO5/c1-5-9-13-17-26-36-46(34-24-15-11-7-3)44-48(52)54-42-32-21-19-28-38-50(40-30-23-31-41-51)39-29-20-22-33-43-55-49(53)45-47(35-25-16-12-8-4)37-27-18-14-10-6-2/h46-47,51H,5-45H2,1-4H3. The molecule has 0 heterocycles. The number of unbranched alkanes of at least 4 members (excludes halogenated alkanes) is 22. The molecule has 0 radical (unpaired) electrons. The van der Waals surface area contributed by atoms with Crippen LogP contribution in [0.5, 0.6) is 0 Å². The molecule has 0 aromatic heterocycles. The second-order valence-corrected chi connectivity index (χ2v) is 17.1. The van der Waals surface area contributed by atoms with Gasteiger partial charge in [0.2, 0.25) is 0 Å². The molecule has 0 aliphatic rings. The molecule has 6 nitrogen and oxygen atoms in total. The Hall–Kier alpha value is -1.14. The number of nitrogens with zero attached hydrogens (tertiary/aromatic N) is 1. The van der Waals surface area contributed by atoms with E-state index in [0.29, 0.717) is 37.9 Å². The Morgan fingerprint density at radius 2 is 0.691 bits per heavy atom. The lowest BCUT2D eigenvalue weighted by molar-refractivity contribution is -0.146. The first kappa shape index (κ1) is 53.9. The quantitative estimate of drug-likeness (QED) is 0.0490. The molecule has 0 aliphatic heterocycles. The fourth-order valence-electron chi connectivity index (χ4n) is 7.99. The zero-order valence-electron chi connectivity index (χ0n) is 37.7. The number of esters is 2. The van der Waals surface area contributed by atoms with E-state index in [-0.39, 0.29) is 18.5 Å². The molecule has 0 saturated heterocycles. The first-order chi connectivity index (χ1) is 27.0. The summed E-state index contributed by atoms with van der Waals surface area (Å²) in [6.45, 7) is 13.8. The van der Waals surface area contributed by atoms with E-state index >= 15 is 0 Å². The normalized spacial score (nSPS) is 12.7. The summed E-state index contributed by atoms with van der Waals surface area (Å²) in [5.41, 5.74) is 0. The van der Waals surface area contributed by atoms with Crippen LogP contribution in [0.1, 0.15) is 252 Å². The number of hydrogen-bond donors (Lipinski definition) is 1. The van der Waals surface area contributed by atoms with Gasteiger partial charge in [-0.3, -0.25) is 9.59 Å². The van der Waals surface area contributed by atoms with Gasteiger partial charge in [0.25, 0.3) is 0 Å². The van der Waals surface area contributed by atoms with Gasteiger partial charge >= 0.3 is 11.9 Å². The summed E-state index contributed by atoms with van der Waals surface area (Å²) in [6, 6.07) is 0. The maximum Gasteiger partial charge on any atom is 0.306 e. The Morgan fingerprint density at radius 1 is 0.400 bits per heavy atom. The van der Waals surface area contributed by atoms with Crippen molar-refractivity contribution in [2.24, 2.45) is 11.8 Å². The van der Waals surface area contributed by atoms with E-state index in [1.54, 1.807) is 0 Å². The summed E-state index contributed by atoms with van der Waals surface area (Å²) in [7, 11) is 0. The molecule has 55 heavy (non-hydrogen) atoms. The van der Waals surface area contributed by atoms with Crippen LogP contribution in [0.3, 0.4) is 0 Å². The Labute approximate surface area is 343 Å². The van der Waals surface area contributed by atoms with Crippen molar-refractivity contribution in [3.05, 3.63) is 0 Å². The van der Waals surface area contributed by atoms with Crippen LogP contribution in [0, 0.1) is 11.8 Å². The number of carbonyl (C=O) groups is 2. The molecule has 1 N–H and O–H groups in total. The highest BCUT2D eigenvalue weighted by Crippen LogP contribution is 2.24. The van der Waals surface area contributed by atoms with Crippen LogP contribution < -0.4 is 0 Å². The molecular weight excluding hydrogens is 683 g/mol. The number of rotatable bonds is 45. The van der Waals surface area contributed by atoms with Crippen molar-refractivity contribution < 1.29 is 24.2 Å². The molecule has 0 aliphatic carbocycles. The maximum absolute atomic E-state index is 12.7. The minimum absolute atomic E-state index is 0.0200. The van der Waals surface area contributed by atoms with Crippen LogP contribution in [0.25, 0.3) is 0 Å². The molecule has 2 unspecified atom stereocenters. The van der Waals surface area contributed by atoms with E-state index in [1.165, 1.54) is 167 Å². The summed E-state index contributed by atoms with van der Waals surface area (Å²) in [5.74, 6) is 1.03. The zero-order valence-corrected chi connectivity index (χ0v) is 37.7. The van der Waals surface area contributed by atoms with E-state index in [0.717, 1.165) is 64.6 Å². The van der Waals surface area contributed by atoms with E-state index < -0.39 is 0 Å². The maximum atomic E-state index is 12.7. The molecule has 6 heteroatoms. The average molecular weight is 780 g/mol. The van der Waals surface area contributed by atoms with Gasteiger partial charge in [0, 0.05) is 19.4 Å². The summed E-state index contributed by atoms with van der Waals surface area (Å²) in [6.07, 6.45) is 41.0. The van der Waals surface area contributed by atoms with Crippen LogP contribution in [-0.4, -0.2) is 61.4 Å². The Bertz CT molecular complexity index is 733. The predicted octanol–water partition coefficient (Wildman–Crippen LogP) is 14.3. The molecule has 2 atom stereocenters. The van der Waals surface area contributed by atoms with Crippen LogP contribution >= 0.6 is 0 Å². The molecular formula is C49H97NO5. The van der Waals surface area contributed by atoms with E-state index in [2.05, 4.69) is 32.6 Å². The third-order valence-corrected chi connectivity index (χ3v) is 11.7. The Balaban J connectivity index is 4.33. The fraction of sp³-hybridized carbons (Fsp3) is 0.959. The molecule has 0 bridgehead atoms. The summed E-state index contributed by atoms with van der Waals surface area (Å²) < 4.78 is 11.4. The van der Waals surface area contributed by atoms with Crippen molar-refractivity contribution in [3.63, 3.8) is 0 Å². The lowest BCUT2D eigenvalue weighted by Gasteiger charge is -2.22. The smallest absolute Gasteiger partial charge is 0.306 e. The number of ether oxygens (including phenoxy) is 2. The van der Waals surface area contributed by atoms with Gasteiger partial charge in [-0.25, -0.2) is 0 Å². The molecule has 0 aromatic carbocycles. The Morgan fingerprint density at radius 3 is 1.04 bits per heavy atom. The second-order valence-electron chi connectivity index (χ2n) is 17.1. The highest BCUT2D eigenvalue weighted by Gasteiger charge is 2.16. The fourth-order valence-corrected chi connectivity index (χ4v) is 7.99. The van der Waals surface area contributed by atoms with Crippen LogP contribution in [0.15, 0.2) is 0 Å². The Kier molecular flexibility index (Phi) is 43.1. The SMILES string of the molecule is CCCCCCCC(CCCCCC)CC(=O)OCCCCCCN(CCCCCO)CCCCCCOC(=O)CC(CCCCCC)CCCCCCC. The third kappa shape index (κ3) is 39.5. The van der Waals surface area contributed by atoms with Gasteiger partial charge in [0.05, 0.1) is 13.2 Å². The summed E-state index contributed by atoms with van der Waals surface area (Å²) in [4.78, 5) is 28.0. The van der Waals surface area contributed by atoms with Gasteiger partial charge in [-0.05, 0) is 102 Å². The first-order valence-electron chi connectivity index (χ1n) is 24.6. The lowest BCUT2D eigenvalue weighted by Crippen LogP contribution is -2.27. The second kappa shape index (κ2) is 44.0. The van der Waals surface area contributed by atoms with Crippen LogP contribution in [0.4, 0.5) is 0 Å². The average Bonchev–Trinajstić information content (AvgIpc) is 3.18. The zero-order chi connectivity index (χ0) is 40.3. The van der Waals surface area contributed by atoms with E-state index in [1.807, 2.05) is 0 Å². The van der Waals surface area contributed by atoms with Crippen LogP contribution in [-0.2, 0) is 19.1 Å². The van der Waals surface area contributed by atoms with Gasteiger partial charge in [0.1, 0.15) is 0 Å². The van der Waals surface area contributed by atoms with Gasteiger partial charge in [-0.2, -0.15) is 0 Å². The topological polar surface area (TPSA) is 76.1 Å². The number of carbonyl (C=O) groups excluding carboxylic acids is 2. The van der Waals surface area contributed by atoms with Crippen LogP contribution in [0.2, 0.25) is 0 Å². The van der Waals surface area contributed by atoms with Crippen molar-refractivity contribution in [2.75, 3.05) is 39.5 Å². The van der Waals surface area contributed by atoms with Crippen molar-refractivity contribution in [1.29, 1.82) is 0 Å². The molecule has 0 rings (SSSR count). The third-order valence-electron chi connectivity index (χ3n) is 11.7. The molecule has 0 fully saturated rings. The van der Waals surface area contributed by atoms with Gasteiger partial charge in [-0.1, -0.05) is 169 Å². The molecule has 328 valence electrons. The lowest BCUT2D eigenvalue weighted by atomic mass is 9.91. The largest absolute Gasteiger partial charge is 0.466 e. The number of aliphatic hydroxyl groups is 1. The van der Waals surface area contributed by atoms with Crippen molar-refractivity contribution in [1.82, 2.24) is 4.90 Å². The minimum atomic E-state index is 0.0200. The van der Waals surface area contributed by atoms with Crippen molar-refractivity contribution in [3.8, 4) is 0 Å². The molecule has 0 spiro atoms. The molecule has 0 saturated carbocycles. The first-order valence-corrected chi connectivity index (χ1v) is 24.6. The highest BCUT2D eigenvalue weighted by molar-refractivity contribution is 5.70. The van der Waals surface area contributed by atoms with E-state index in [9.17, 15) is 14.7 Å². The summed E-state index contributed by atoms with van der Waals surface area (Å²) in [5, 5.41) is 9.22. The highest BCUT2D eigenvalue weighted by atomic mass is 16.5. The number of aliphatic hydroxyl groups excluding tert-OH is 1. The summed E-state index contributed by atoms with van der Waals surface area (Å²) >= 11 is 0. The van der Waals surface area contributed by atoms with Gasteiger partial charge in [-0.15, -0.1) is 0 Å². The van der Waals surface area contributed by atoms with Gasteiger partial charge in [0.15, 0.2) is 0 Å². The molecule has 0 aromatic rings. The number of hydrogen-bond acceptors (Lipinski definition) is 6. The van der Waals surface area contributed by atoms with Crippen molar-refractivity contribution >= 4 is 11.9 Å². The van der Waals surface area contributed by atoms with E-state index in [4.69, 9.17) is 9.47 Å². The molecule has 0 amide bonds. The minimum Gasteiger partial charge on any atom is -0.466 e. The van der Waals surface area contributed by atoms with Gasteiger partial charge < -0.3 is 19.5 Å². The van der Waals surface area contributed by atoms with Crippen molar-refractivity contribution in [2.45, 2.75) is 252 Å².